The topological polar surface area (TPSA) is 33.8 Å². The zero-order valence-electron chi connectivity index (χ0n) is 9.13. The van der Waals surface area contributed by atoms with Crippen LogP contribution in [0.2, 0.25) is 0 Å². The number of benzene rings is 1. The predicted molar refractivity (Wildman–Crippen MR) is 60.0 cm³/mol. The smallest absolute Gasteiger partial charge is 0.187 e. The molecule has 0 atom stereocenters. The Morgan fingerprint density at radius 1 is 1.19 bits per heavy atom. The Balaban J connectivity index is 2.14. The van der Waals surface area contributed by atoms with Gasteiger partial charge in [-0.3, -0.25) is 9.78 Å². The first-order valence-corrected chi connectivity index (χ1v) is 5.14. The normalized spacial score (nSPS) is 10.1. The fraction of sp³-hybridized carbons (Fsp3) is 0.154. The van der Waals surface area contributed by atoms with Gasteiger partial charge < -0.3 is 0 Å². The van der Waals surface area contributed by atoms with Crippen molar-refractivity contribution < 1.29 is 9.36 Å². The van der Waals surface area contributed by atoms with Crippen molar-refractivity contribution in [3.63, 3.8) is 0 Å². The molecule has 1 aromatic heterocycles. The molecule has 80 valence electrons. The summed E-state index contributed by atoms with van der Waals surface area (Å²) in [6.07, 6.45) is 7.34. The highest BCUT2D eigenvalue weighted by molar-refractivity contribution is 5.93. The van der Waals surface area contributed by atoms with Crippen molar-refractivity contribution in [1.82, 2.24) is 4.98 Å². The predicted octanol–water partition coefficient (Wildman–Crippen LogP) is 1.62. The molecular weight excluding hydrogens is 200 g/mol. The van der Waals surface area contributed by atoms with Gasteiger partial charge >= 0.3 is 0 Å². The molecule has 0 unspecified atom stereocenters. The summed E-state index contributed by atoms with van der Waals surface area (Å²) in [5, 5.41) is 0. The minimum Gasteiger partial charge on any atom is -0.295 e. The van der Waals surface area contributed by atoms with Crippen LogP contribution in [0.4, 0.5) is 0 Å². The number of rotatable bonds is 3. The molecule has 1 heterocycles. The lowest BCUT2D eigenvalue weighted by Crippen LogP contribution is -2.33. The van der Waals surface area contributed by atoms with Crippen molar-refractivity contribution in [1.29, 1.82) is 0 Å². The van der Waals surface area contributed by atoms with E-state index in [0.29, 0.717) is 0 Å². The van der Waals surface area contributed by atoms with Gasteiger partial charge in [-0.15, -0.1) is 0 Å². The summed E-state index contributed by atoms with van der Waals surface area (Å²) >= 11 is 0. The molecule has 0 aliphatic rings. The minimum atomic E-state index is 0.100. The van der Waals surface area contributed by atoms with Crippen LogP contribution in [0.25, 0.3) is 0 Å². The third-order valence-corrected chi connectivity index (χ3v) is 2.41. The van der Waals surface area contributed by atoms with Crippen LogP contribution in [-0.4, -0.2) is 10.8 Å². The lowest BCUT2D eigenvalue weighted by Gasteiger charge is -1.99. The van der Waals surface area contributed by atoms with Crippen LogP contribution in [0.1, 0.15) is 22.8 Å². The van der Waals surface area contributed by atoms with Gasteiger partial charge in [-0.1, -0.05) is 24.3 Å². The minimum absolute atomic E-state index is 0.100. The number of hydrogen-bond acceptors (Lipinski definition) is 2. The number of carbonyl (C=O) groups excluding carboxylic acids is 1. The molecule has 0 radical (unpaired) electrons. The van der Waals surface area contributed by atoms with Gasteiger partial charge in [0.15, 0.2) is 24.7 Å². The second kappa shape index (κ2) is 4.66. The largest absolute Gasteiger partial charge is 0.295 e. The van der Waals surface area contributed by atoms with E-state index in [1.807, 2.05) is 41.2 Å². The van der Waals surface area contributed by atoms with Crippen molar-refractivity contribution in [3.05, 3.63) is 60.2 Å². The zero-order chi connectivity index (χ0) is 11.4. The van der Waals surface area contributed by atoms with Gasteiger partial charge in [0.25, 0.3) is 0 Å². The fourth-order valence-electron chi connectivity index (χ4n) is 1.51. The second-order valence-electron chi connectivity index (χ2n) is 3.67. The van der Waals surface area contributed by atoms with E-state index in [0.717, 1.165) is 12.1 Å². The summed E-state index contributed by atoms with van der Waals surface area (Å²) in [6, 6.07) is 7.67. The summed E-state index contributed by atoms with van der Waals surface area (Å²) in [6.45, 7) is 2.37. The molecule has 1 aromatic carbocycles. The van der Waals surface area contributed by atoms with E-state index in [1.165, 1.54) is 5.56 Å². The molecule has 0 saturated carbocycles. The van der Waals surface area contributed by atoms with Gasteiger partial charge in [0, 0.05) is 11.1 Å². The van der Waals surface area contributed by atoms with Crippen LogP contribution in [0.5, 0.6) is 0 Å². The molecular formula is C13H13N2O+. The van der Waals surface area contributed by atoms with Gasteiger partial charge in [-0.2, -0.15) is 4.57 Å². The highest BCUT2D eigenvalue weighted by Crippen LogP contribution is 2.04. The van der Waals surface area contributed by atoms with Gasteiger partial charge in [-0.05, 0) is 6.92 Å². The maximum Gasteiger partial charge on any atom is 0.187 e. The molecule has 3 nitrogen and oxygen atoms in total. The number of Topliss-reactive ketones (excluding diaryl/α,β-unsaturated/α-hetero) is 1. The first kappa shape index (κ1) is 10.5. The molecule has 0 spiro atoms. The average molecular weight is 213 g/mol. The summed E-state index contributed by atoms with van der Waals surface area (Å²) in [4.78, 5) is 15.1. The van der Waals surface area contributed by atoms with Crippen molar-refractivity contribution in [3.8, 4) is 0 Å². The van der Waals surface area contributed by atoms with E-state index in [1.54, 1.807) is 19.3 Å². The molecule has 0 saturated heterocycles. The van der Waals surface area contributed by atoms with Gasteiger partial charge in [0.05, 0.1) is 12.4 Å². The molecule has 3 heteroatoms. The molecule has 16 heavy (non-hydrogen) atoms. The third kappa shape index (κ3) is 2.51. The number of ketones is 1. The zero-order valence-corrected chi connectivity index (χ0v) is 9.13. The SMILES string of the molecule is CC(=O)c1ccc(C[n+]2ccncc2)cc1. The number of nitrogens with zero attached hydrogens (tertiary/aromatic N) is 2. The molecule has 0 N–H and O–H groups in total. The first-order chi connectivity index (χ1) is 7.75. The molecule has 0 aliphatic carbocycles. The van der Waals surface area contributed by atoms with E-state index in [4.69, 9.17) is 0 Å². The van der Waals surface area contributed by atoms with Crippen LogP contribution in [-0.2, 0) is 6.54 Å². The Hall–Kier alpha value is -2.03. The van der Waals surface area contributed by atoms with E-state index < -0.39 is 0 Å². The van der Waals surface area contributed by atoms with E-state index in [2.05, 4.69) is 4.98 Å². The summed E-state index contributed by atoms with van der Waals surface area (Å²) in [5.41, 5.74) is 1.92. The third-order valence-electron chi connectivity index (χ3n) is 2.41. The molecule has 0 bridgehead atoms. The maximum atomic E-state index is 11.1. The molecule has 2 rings (SSSR count). The van der Waals surface area contributed by atoms with Gasteiger partial charge in [0.1, 0.15) is 0 Å². The monoisotopic (exact) mass is 213 g/mol. The number of aromatic nitrogens is 2. The van der Waals surface area contributed by atoms with Crippen LogP contribution >= 0.6 is 0 Å². The standard InChI is InChI=1S/C13H13N2O/c1-11(16)13-4-2-12(3-5-13)10-15-8-6-14-7-9-15/h2-9H,10H2,1H3/q+1. The van der Waals surface area contributed by atoms with Crippen LogP contribution in [0, 0.1) is 0 Å². The van der Waals surface area contributed by atoms with Crippen molar-refractivity contribution in [2.75, 3.05) is 0 Å². The van der Waals surface area contributed by atoms with Gasteiger partial charge in [0.2, 0.25) is 0 Å². The highest BCUT2D eigenvalue weighted by Gasteiger charge is 2.03. The Labute approximate surface area is 94.4 Å². The Kier molecular flexibility index (Phi) is 3.05. The second-order valence-corrected chi connectivity index (χ2v) is 3.67. The Morgan fingerprint density at radius 2 is 1.81 bits per heavy atom. The molecule has 0 aliphatic heterocycles. The van der Waals surface area contributed by atoms with Crippen LogP contribution in [0.3, 0.4) is 0 Å². The number of carbonyl (C=O) groups is 1. The Morgan fingerprint density at radius 3 is 2.38 bits per heavy atom. The van der Waals surface area contributed by atoms with Gasteiger partial charge in [-0.25, -0.2) is 0 Å². The maximum absolute atomic E-state index is 11.1. The van der Waals surface area contributed by atoms with E-state index in [9.17, 15) is 4.79 Å². The quantitative estimate of drug-likeness (QED) is 0.573. The molecule has 0 amide bonds. The lowest BCUT2D eigenvalue weighted by atomic mass is 10.1. The molecule has 2 aromatic rings. The first-order valence-electron chi connectivity index (χ1n) is 5.14. The summed E-state index contributed by atoms with van der Waals surface area (Å²) in [7, 11) is 0. The van der Waals surface area contributed by atoms with Crippen molar-refractivity contribution in [2.24, 2.45) is 0 Å². The Bertz CT molecular complexity index is 477. The van der Waals surface area contributed by atoms with Crippen LogP contribution in [0.15, 0.2) is 49.1 Å². The molecule has 0 fully saturated rings. The summed E-state index contributed by atoms with van der Waals surface area (Å²) in [5.74, 6) is 0.100. The van der Waals surface area contributed by atoms with Crippen molar-refractivity contribution in [2.45, 2.75) is 13.5 Å². The van der Waals surface area contributed by atoms with E-state index in [-0.39, 0.29) is 5.78 Å². The van der Waals surface area contributed by atoms with Crippen LogP contribution < -0.4 is 4.57 Å². The lowest BCUT2D eigenvalue weighted by molar-refractivity contribution is -0.688. The van der Waals surface area contributed by atoms with E-state index >= 15 is 0 Å². The van der Waals surface area contributed by atoms with Crippen molar-refractivity contribution >= 4 is 5.78 Å². The number of hydrogen-bond donors (Lipinski definition) is 0. The average Bonchev–Trinajstić information content (AvgIpc) is 2.31. The summed E-state index contributed by atoms with van der Waals surface area (Å²) < 4.78 is 2.04. The fourth-order valence-corrected chi connectivity index (χ4v) is 1.51. The highest BCUT2D eigenvalue weighted by atomic mass is 16.1.